The number of hydrogen-bond donors (Lipinski definition) is 1. The molecule has 4 heteroatoms. The van der Waals surface area contributed by atoms with E-state index in [1.165, 1.54) is 0 Å². The maximum absolute atomic E-state index is 11.0. The molecule has 0 amide bonds. The molecule has 0 aliphatic carbocycles. The number of nitrogens with zero attached hydrogens (tertiary/aromatic N) is 1. The highest BCUT2D eigenvalue weighted by Crippen LogP contribution is 2.11. The van der Waals surface area contributed by atoms with Gasteiger partial charge in [0.15, 0.2) is 0 Å². The maximum atomic E-state index is 11.0. The standard InChI is InChI=1S/C7H12N2O2/c1-2-11-7(10)5-3-4-6(8)9-5/h5H,2-4H2,1H3,(H2,8,9)/t5-/m0/s1. The van der Waals surface area contributed by atoms with Crippen LogP contribution in [0.4, 0.5) is 0 Å². The van der Waals surface area contributed by atoms with Gasteiger partial charge in [-0.2, -0.15) is 0 Å². The number of hydrogen-bond acceptors (Lipinski definition) is 4. The summed E-state index contributed by atoms with van der Waals surface area (Å²) in [6, 6.07) is -0.338. The Bertz CT molecular complexity index is 189. The van der Waals surface area contributed by atoms with Crippen molar-refractivity contribution in [3.8, 4) is 0 Å². The molecule has 0 fully saturated rings. The van der Waals surface area contributed by atoms with Crippen LogP contribution in [0.15, 0.2) is 4.99 Å². The van der Waals surface area contributed by atoms with Crippen LogP contribution in [0.2, 0.25) is 0 Å². The molecular weight excluding hydrogens is 144 g/mol. The summed E-state index contributed by atoms with van der Waals surface area (Å²) in [5.74, 6) is 0.302. The lowest BCUT2D eigenvalue weighted by Gasteiger charge is -2.03. The van der Waals surface area contributed by atoms with Gasteiger partial charge >= 0.3 is 5.97 Å². The molecule has 1 heterocycles. The van der Waals surface area contributed by atoms with Crippen LogP contribution in [0.25, 0.3) is 0 Å². The number of amidine groups is 1. The Morgan fingerprint density at radius 2 is 2.64 bits per heavy atom. The molecule has 4 nitrogen and oxygen atoms in total. The number of carbonyl (C=O) groups excluding carboxylic acids is 1. The zero-order valence-corrected chi connectivity index (χ0v) is 6.54. The van der Waals surface area contributed by atoms with E-state index in [-0.39, 0.29) is 12.0 Å². The van der Waals surface area contributed by atoms with Gasteiger partial charge in [0.25, 0.3) is 0 Å². The summed E-state index contributed by atoms with van der Waals surface area (Å²) in [5.41, 5.74) is 5.40. The van der Waals surface area contributed by atoms with E-state index in [9.17, 15) is 4.79 Å². The third kappa shape index (κ3) is 1.93. The largest absolute Gasteiger partial charge is 0.464 e. The van der Waals surface area contributed by atoms with Gasteiger partial charge in [0, 0.05) is 6.42 Å². The lowest BCUT2D eigenvalue weighted by atomic mass is 10.2. The molecule has 2 N–H and O–H groups in total. The van der Waals surface area contributed by atoms with Gasteiger partial charge in [-0.15, -0.1) is 0 Å². The summed E-state index contributed by atoms with van der Waals surface area (Å²) < 4.78 is 4.77. The lowest BCUT2D eigenvalue weighted by Crippen LogP contribution is -2.19. The van der Waals surface area contributed by atoms with E-state index in [4.69, 9.17) is 10.5 Å². The van der Waals surface area contributed by atoms with E-state index in [1.54, 1.807) is 6.92 Å². The molecule has 1 atom stereocenters. The monoisotopic (exact) mass is 156 g/mol. The molecule has 0 spiro atoms. The Kier molecular flexibility index (Phi) is 2.46. The Morgan fingerprint density at radius 1 is 1.91 bits per heavy atom. The van der Waals surface area contributed by atoms with Crippen molar-refractivity contribution in [3.63, 3.8) is 0 Å². The van der Waals surface area contributed by atoms with Crippen LogP contribution in [0.3, 0.4) is 0 Å². The number of rotatable bonds is 2. The quantitative estimate of drug-likeness (QED) is 0.575. The van der Waals surface area contributed by atoms with E-state index < -0.39 is 0 Å². The molecule has 0 saturated heterocycles. The van der Waals surface area contributed by atoms with Gasteiger partial charge in [0.2, 0.25) is 0 Å². The van der Waals surface area contributed by atoms with Crippen molar-refractivity contribution >= 4 is 11.8 Å². The van der Waals surface area contributed by atoms with E-state index in [0.717, 1.165) is 0 Å². The molecular formula is C7H12N2O2. The summed E-state index contributed by atoms with van der Waals surface area (Å²) in [5, 5.41) is 0. The van der Waals surface area contributed by atoms with Crippen LogP contribution in [-0.2, 0) is 9.53 Å². The van der Waals surface area contributed by atoms with Gasteiger partial charge in [-0.05, 0) is 13.3 Å². The Labute approximate surface area is 65.4 Å². The number of aliphatic imine (C=N–C) groups is 1. The summed E-state index contributed by atoms with van der Waals surface area (Å²) in [7, 11) is 0. The minimum absolute atomic E-state index is 0.257. The van der Waals surface area contributed by atoms with E-state index in [2.05, 4.69) is 4.99 Å². The summed E-state index contributed by atoms with van der Waals surface area (Å²) in [6.07, 6.45) is 1.41. The molecule has 1 rings (SSSR count). The van der Waals surface area contributed by atoms with Crippen molar-refractivity contribution in [2.24, 2.45) is 10.7 Å². The number of ether oxygens (including phenoxy) is 1. The number of esters is 1. The second-order valence-corrected chi connectivity index (χ2v) is 2.43. The first-order valence-corrected chi connectivity index (χ1v) is 3.72. The molecule has 0 aromatic rings. The van der Waals surface area contributed by atoms with E-state index in [1.807, 2.05) is 0 Å². The van der Waals surface area contributed by atoms with Crippen molar-refractivity contribution < 1.29 is 9.53 Å². The van der Waals surface area contributed by atoms with Crippen LogP contribution in [-0.4, -0.2) is 24.5 Å². The first-order chi connectivity index (χ1) is 5.24. The normalized spacial score (nSPS) is 23.0. The molecule has 11 heavy (non-hydrogen) atoms. The predicted molar refractivity (Wildman–Crippen MR) is 41.3 cm³/mol. The fourth-order valence-corrected chi connectivity index (χ4v) is 1.02. The maximum Gasteiger partial charge on any atom is 0.330 e. The lowest BCUT2D eigenvalue weighted by molar-refractivity contribution is -0.144. The second-order valence-electron chi connectivity index (χ2n) is 2.43. The van der Waals surface area contributed by atoms with Gasteiger partial charge in [0.05, 0.1) is 12.4 Å². The van der Waals surface area contributed by atoms with Crippen LogP contribution in [0.1, 0.15) is 19.8 Å². The SMILES string of the molecule is CCOC(=O)[C@@H]1CCC(N)=N1. The average Bonchev–Trinajstić information content (AvgIpc) is 2.36. The molecule has 1 aliphatic rings. The topological polar surface area (TPSA) is 64.7 Å². The zero-order chi connectivity index (χ0) is 8.27. The van der Waals surface area contributed by atoms with Crippen molar-refractivity contribution in [1.82, 2.24) is 0 Å². The highest BCUT2D eigenvalue weighted by atomic mass is 16.5. The van der Waals surface area contributed by atoms with Gasteiger partial charge in [-0.3, -0.25) is 4.99 Å². The van der Waals surface area contributed by atoms with Gasteiger partial charge in [0.1, 0.15) is 6.04 Å². The molecule has 0 saturated carbocycles. The van der Waals surface area contributed by atoms with E-state index >= 15 is 0 Å². The first kappa shape index (κ1) is 8.04. The summed E-state index contributed by atoms with van der Waals surface area (Å²) >= 11 is 0. The van der Waals surface area contributed by atoms with Gasteiger partial charge < -0.3 is 10.5 Å². The van der Waals surface area contributed by atoms with Gasteiger partial charge in [-0.25, -0.2) is 4.79 Å². The Hall–Kier alpha value is -1.06. The van der Waals surface area contributed by atoms with Crippen LogP contribution in [0.5, 0.6) is 0 Å². The van der Waals surface area contributed by atoms with Gasteiger partial charge in [-0.1, -0.05) is 0 Å². The van der Waals surface area contributed by atoms with Crippen molar-refractivity contribution in [3.05, 3.63) is 0 Å². The third-order valence-corrected chi connectivity index (χ3v) is 1.55. The number of carbonyl (C=O) groups is 1. The van der Waals surface area contributed by atoms with Crippen LogP contribution in [0, 0.1) is 0 Å². The fourth-order valence-electron chi connectivity index (χ4n) is 1.02. The molecule has 0 aromatic heterocycles. The van der Waals surface area contributed by atoms with E-state index in [0.29, 0.717) is 25.3 Å². The van der Waals surface area contributed by atoms with Crippen molar-refractivity contribution in [2.75, 3.05) is 6.61 Å². The minimum atomic E-state index is -0.338. The summed E-state index contributed by atoms with van der Waals surface area (Å²) in [4.78, 5) is 14.9. The zero-order valence-electron chi connectivity index (χ0n) is 6.54. The van der Waals surface area contributed by atoms with Crippen LogP contribution >= 0.6 is 0 Å². The Morgan fingerprint density at radius 3 is 3.09 bits per heavy atom. The molecule has 1 aliphatic heterocycles. The highest BCUT2D eigenvalue weighted by molar-refractivity contribution is 5.88. The summed E-state index contributed by atoms with van der Waals surface area (Å²) in [6.45, 7) is 2.19. The first-order valence-electron chi connectivity index (χ1n) is 3.72. The molecule has 62 valence electrons. The third-order valence-electron chi connectivity index (χ3n) is 1.55. The molecule has 0 radical (unpaired) electrons. The average molecular weight is 156 g/mol. The highest BCUT2D eigenvalue weighted by Gasteiger charge is 2.23. The van der Waals surface area contributed by atoms with Crippen LogP contribution < -0.4 is 5.73 Å². The molecule has 0 bridgehead atoms. The predicted octanol–water partition coefficient (Wildman–Crippen LogP) is 0.0691. The fraction of sp³-hybridized carbons (Fsp3) is 0.714. The molecule has 0 aromatic carbocycles. The van der Waals surface area contributed by atoms with Crippen molar-refractivity contribution in [1.29, 1.82) is 0 Å². The molecule has 0 unspecified atom stereocenters. The second kappa shape index (κ2) is 3.37. The smallest absolute Gasteiger partial charge is 0.330 e. The van der Waals surface area contributed by atoms with Crippen molar-refractivity contribution in [2.45, 2.75) is 25.8 Å². The minimum Gasteiger partial charge on any atom is -0.464 e. The Balaban J connectivity index is 2.43. The number of nitrogens with two attached hydrogens (primary N) is 1.